The average molecular weight is 416 g/mol. The van der Waals surface area contributed by atoms with Gasteiger partial charge in [-0.05, 0) is 30.1 Å². The number of rotatable bonds is 10. The Bertz CT molecular complexity index is 738. The van der Waals surface area contributed by atoms with Crippen LogP contribution in [0, 0.1) is 0 Å². The highest BCUT2D eigenvalue weighted by molar-refractivity contribution is 7.09. The van der Waals surface area contributed by atoms with Crippen molar-refractivity contribution in [1.82, 2.24) is 4.90 Å². The van der Waals surface area contributed by atoms with E-state index < -0.39 is 23.8 Å². The Balaban J connectivity index is 1.82. The van der Waals surface area contributed by atoms with Crippen molar-refractivity contribution in [3.05, 3.63) is 52.2 Å². The SMILES string of the molecule is CCN(CC(=O)Nc1ccccc1C(F)(F)F)CC(O)COCc1cccs1. The third-order valence-electron chi connectivity index (χ3n) is 3.92. The molecule has 0 saturated carbocycles. The number of nitrogens with zero attached hydrogens (tertiary/aromatic N) is 1. The van der Waals surface area contributed by atoms with E-state index in [1.165, 1.54) is 18.2 Å². The lowest BCUT2D eigenvalue weighted by Crippen LogP contribution is -2.39. The van der Waals surface area contributed by atoms with Crippen LogP contribution in [0.3, 0.4) is 0 Å². The van der Waals surface area contributed by atoms with Gasteiger partial charge in [0, 0.05) is 11.4 Å². The summed E-state index contributed by atoms with van der Waals surface area (Å²) in [6.07, 6.45) is -5.36. The van der Waals surface area contributed by atoms with Crippen molar-refractivity contribution >= 4 is 22.9 Å². The molecule has 0 bridgehead atoms. The molecular formula is C19H23F3N2O3S. The van der Waals surface area contributed by atoms with E-state index >= 15 is 0 Å². The van der Waals surface area contributed by atoms with Gasteiger partial charge in [0.05, 0.1) is 37.1 Å². The number of nitrogens with one attached hydrogen (secondary N) is 1. The minimum Gasteiger partial charge on any atom is -0.389 e. The quantitative estimate of drug-likeness (QED) is 0.621. The number of anilines is 1. The molecule has 0 spiro atoms. The van der Waals surface area contributed by atoms with E-state index in [2.05, 4.69) is 5.32 Å². The van der Waals surface area contributed by atoms with Crippen molar-refractivity contribution in [1.29, 1.82) is 0 Å². The molecule has 1 aromatic carbocycles. The lowest BCUT2D eigenvalue weighted by atomic mass is 10.1. The number of halogens is 3. The molecule has 0 aliphatic heterocycles. The van der Waals surface area contributed by atoms with Gasteiger partial charge in [-0.25, -0.2) is 0 Å². The number of hydrogen-bond acceptors (Lipinski definition) is 5. The minimum absolute atomic E-state index is 0.104. The maximum atomic E-state index is 13.0. The standard InChI is InChI=1S/C19H23F3N2O3S/c1-2-24(10-14(25)12-27-13-15-6-5-9-28-15)11-18(26)23-17-8-4-3-7-16(17)19(20,21)22/h3-9,14,25H,2,10-13H2,1H3,(H,23,26). The highest BCUT2D eigenvalue weighted by Crippen LogP contribution is 2.34. The summed E-state index contributed by atoms with van der Waals surface area (Å²) in [5.74, 6) is -0.578. The lowest BCUT2D eigenvalue weighted by molar-refractivity contribution is -0.137. The first-order valence-electron chi connectivity index (χ1n) is 8.76. The van der Waals surface area contributed by atoms with Gasteiger partial charge >= 0.3 is 6.18 Å². The van der Waals surface area contributed by atoms with Gasteiger partial charge in [0.1, 0.15) is 0 Å². The molecule has 2 aromatic rings. The molecule has 0 saturated heterocycles. The summed E-state index contributed by atoms with van der Waals surface area (Å²) in [4.78, 5) is 14.9. The molecule has 2 rings (SSSR count). The zero-order valence-electron chi connectivity index (χ0n) is 15.4. The van der Waals surface area contributed by atoms with Gasteiger partial charge < -0.3 is 15.2 Å². The molecule has 28 heavy (non-hydrogen) atoms. The predicted octanol–water partition coefficient (Wildman–Crippen LogP) is 3.61. The van der Waals surface area contributed by atoms with Gasteiger partial charge in [-0.2, -0.15) is 13.2 Å². The molecule has 1 atom stereocenters. The van der Waals surface area contributed by atoms with E-state index in [1.54, 1.807) is 23.2 Å². The van der Waals surface area contributed by atoms with Crippen LogP contribution in [0.25, 0.3) is 0 Å². The smallest absolute Gasteiger partial charge is 0.389 e. The van der Waals surface area contributed by atoms with Crippen LogP contribution >= 0.6 is 11.3 Å². The number of benzene rings is 1. The molecule has 1 heterocycles. The Labute approximate surface area is 165 Å². The maximum absolute atomic E-state index is 13.0. The second-order valence-corrected chi connectivity index (χ2v) is 7.20. The molecular weight excluding hydrogens is 393 g/mol. The van der Waals surface area contributed by atoms with Crippen LogP contribution in [0.1, 0.15) is 17.4 Å². The van der Waals surface area contributed by atoms with Crippen molar-refractivity contribution in [2.24, 2.45) is 0 Å². The largest absolute Gasteiger partial charge is 0.418 e. The summed E-state index contributed by atoms with van der Waals surface area (Å²) in [6.45, 7) is 2.80. The Kier molecular flexibility index (Phi) is 8.43. The molecule has 9 heteroatoms. The minimum atomic E-state index is -4.55. The number of alkyl halides is 3. The molecule has 0 aliphatic carbocycles. The van der Waals surface area contributed by atoms with E-state index in [9.17, 15) is 23.1 Å². The van der Waals surface area contributed by atoms with E-state index in [4.69, 9.17) is 4.74 Å². The molecule has 1 aromatic heterocycles. The first kappa shape index (κ1) is 22.4. The maximum Gasteiger partial charge on any atom is 0.418 e. The summed E-state index contributed by atoms with van der Waals surface area (Å²) in [7, 11) is 0. The van der Waals surface area contributed by atoms with E-state index in [1.807, 2.05) is 17.5 Å². The number of ether oxygens (including phenoxy) is 1. The number of carbonyl (C=O) groups is 1. The average Bonchev–Trinajstić information content (AvgIpc) is 3.14. The molecule has 2 N–H and O–H groups in total. The number of likely N-dealkylation sites (N-methyl/N-ethyl adjacent to an activating group) is 1. The van der Waals surface area contributed by atoms with Gasteiger partial charge in [-0.1, -0.05) is 25.1 Å². The highest BCUT2D eigenvalue weighted by Gasteiger charge is 2.33. The van der Waals surface area contributed by atoms with Crippen LogP contribution in [0.5, 0.6) is 0 Å². The number of amides is 1. The molecule has 0 aliphatic rings. The van der Waals surface area contributed by atoms with Gasteiger partial charge in [0.2, 0.25) is 5.91 Å². The lowest BCUT2D eigenvalue weighted by Gasteiger charge is -2.23. The van der Waals surface area contributed by atoms with Crippen LogP contribution in [-0.2, 0) is 22.3 Å². The molecule has 5 nitrogen and oxygen atoms in total. The van der Waals surface area contributed by atoms with Crippen molar-refractivity contribution in [3.63, 3.8) is 0 Å². The number of thiophene rings is 1. The highest BCUT2D eigenvalue weighted by atomic mass is 32.1. The van der Waals surface area contributed by atoms with Crippen LogP contribution in [0.2, 0.25) is 0 Å². The topological polar surface area (TPSA) is 61.8 Å². The Morgan fingerprint density at radius 1 is 1.29 bits per heavy atom. The number of carbonyl (C=O) groups excluding carboxylic acids is 1. The van der Waals surface area contributed by atoms with Gasteiger partial charge in [-0.15, -0.1) is 11.3 Å². The van der Waals surface area contributed by atoms with Crippen LogP contribution in [-0.4, -0.2) is 48.3 Å². The molecule has 0 fully saturated rings. The summed E-state index contributed by atoms with van der Waals surface area (Å²) in [5.41, 5.74) is -1.18. The summed E-state index contributed by atoms with van der Waals surface area (Å²) in [5, 5.41) is 14.3. The van der Waals surface area contributed by atoms with E-state index in [0.717, 1.165) is 10.9 Å². The zero-order valence-corrected chi connectivity index (χ0v) is 16.2. The number of aliphatic hydroxyl groups excluding tert-OH is 1. The summed E-state index contributed by atoms with van der Waals surface area (Å²) in [6, 6.07) is 8.67. The molecule has 1 unspecified atom stereocenters. The van der Waals surface area contributed by atoms with Crippen molar-refractivity contribution in [2.45, 2.75) is 25.8 Å². The van der Waals surface area contributed by atoms with E-state index in [-0.39, 0.29) is 25.4 Å². The summed E-state index contributed by atoms with van der Waals surface area (Å²) >= 11 is 1.56. The Morgan fingerprint density at radius 3 is 2.68 bits per heavy atom. The Hall–Kier alpha value is -1.94. The number of hydrogen-bond donors (Lipinski definition) is 2. The second kappa shape index (κ2) is 10.6. The third kappa shape index (κ3) is 7.23. The fourth-order valence-corrected chi connectivity index (χ4v) is 3.22. The summed E-state index contributed by atoms with van der Waals surface area (Å²) < 4.78 is 44.5. The number of para-hydroxylation sites is 1. The van der Waals surface area contributed by atoms with Gasteiger partial charge in [0.15, 0.2) is 0 Å². The number of aliphatic hydroxyl groups is 1. The van der Waals surface area contributed by atoms with Crippen LogP contribution in [0.4, 0.5) is 18.9 Å². The monoisotopic (exact) mass is 416 g/mol. The van der Waals surface area contributed by atoms with Crippen molar-refractivity contribution in [2.75, 3.05) is 31.6 Å². The second-order valence-electron chi connectivity index (χ2n) is 6.17. The van der Waals surface area contributed by atoms with Crippen molar-refractivity contribution < 1.29 is 27.8 Å². The van der Waals surface area contributed by atoms with Gasteiger partial charge in [-0.3, -0.25) is 9.69 Å². The first-order chi connectivity index (χ1) is 13.3. The van der Waals surface area contributed by atoms with Crippen molar-refractivity contribution in [3.8, 4) is 0 Å². The normalized spacial score (nSPS) is 12.9. The first-order valence-corrected chi connectivity index (χ1v) is 9.64. The van der Waals surface area contributed by atoms with E-state index in [0.29, 0.717) is 13.2 Å². The zero-order chi connectivity index (χ0) is 20.6. The third-order valence-corrected chi connectivity index (χ3v) is 4.77. The molecule has 1 amide bonds. The Morgan fingerprint density at radius 2 is 2.04 bits per heavy atom. The molecule has 0 radical (unpaired) electrons. The van der Waals surface area contributed by atoms with Crippen LogP contribution in [0.15, 0.2) is 41.8 Å². The van der Waals surface area contributed by atoms with Gasteiger partial charge in [0.25, 0.3) is 0 Å². The predicted molar refractivity (Wildman–Crippen MR) is 102 cm³/mol. The fourth-order valence-electron chi connectivity index (χ4n) is 2.58. The fraction of sp³-hybridized carbons (Fsp3) is 0.421. The van der Waals surface area contributed by atoms with Crippen LogP contribution < -0.4 is 5.32 Å². The molecule has 154 valence electrons.